The number of nitrogens with zero attached hydrogens (tertiary/aromatic N) is 4. The van der Waals surface area contributed by atoms with Crippen LogP contribution in [0.25, 0.3) is 0 Å². The number of amides is 2. The summed E-state index contributed by atoms with van der Waals surface area (Å²) < 4.78 is 10.3. The Morgan fingerprint density at radius 2 is 1.78 bits per heavy atom. The Labute approximate surface area is 186 Å². The predicted octanol–water partition coefficient (Wildman–Crippen LogP) is 1.09. The molecule has 168 valence electrons. The minimum atomic E-state index is -0.615. The molecule has 1 unspecified atom stereocenters. The highest BCUT2D eigenvalue weighted by molar-refractivity contribution is 5.95. The summed E-state index contributed by atoms with van der Waals surface area (Å²) in [5.74, 6) is 0.916. The number of anilines is 1. The van der Waals surface area contributed by atoms with Gasteiger partial charge in [-0.15, -0.1) is 0 Å². The Kier molecular flexibility index (Phi) is 6.50. The van der Waals surface area contributed by atoms with Crippen molar-refractivity contribution in [3.63, 3.8) is 0 Å². The largest absolute Gasteiger partial charge is 0.497 e. The van der Waals surface area contributed by atoms with Crippen molar-refractivity contribution in [3.05, 3.63) is 59.6 Å². The van der Waals surface area contributed by atoms with E-state index >= 15 is 0 Å². The number of aromatic nitrogens is 2. The average molecular weight is 438 g/mol. The number of ether oxygens (including phenoxy) is 2. The Morgan fingerprint density at radius 3 is 2.41 bits per heavy atom. The van der Waals surface area contributed by atoms with Crippen LogP contribution in [0.3, 0.4) is 0 Å². The van der Waals surface area contributed by atoms with E-state index in [1.54, 1.807) is 37.7 Å². The Morgan fingerprint density at radius 1 is 1.09 bits per heavy atom. The minimum absolute atomic E-state index is 0.357. The van der Waals surface area contributed by atoms with Crippen LogP contribution < -0.4 is 20.3 Å². The van der Waals surface area contributed by atoms with Crippen LogP contribution in [0.5, 0.6) is 5.75 Å². The number of piperazine rings is 1. The van der Waals surface area contributed by atoms with Gasteiger partial charge >= 0.3 is 12.0 Å². The van der Waals surface area contributed by atoms with Crippen molar-refractivity contribution in [2.24, 2.45) is 0 Å². The van der Waals surface area contributed by atoms with Crippen LogP contribution in [-0.4, -0.2) is 73.8 Å². The number of hydrogen-bond acceptors (Lipinski definition) is 8. The number of urea groups is 1. The van der Waals surface area contributed by atoms with Gasteiger partial charge in [0.25, 0.3) is 0 Å². The fraction of sp³-hybridized carbons (Fsp3) is 0.364. The zero-order valence-electron chi connectivity index (χ0n) is 18.1. The topological polar surface area (TPSA) is 109 Å². The van der Waals surface area contributed by atoms with Crippen molar-refractivity contribution in [1.29, 1.82) is 0 Å². The van der Waals surface area contributed by atoms with Crippen molar-refractivity contribution < 1.29 is 19.1 Å². The molecule has 4 rings (SSSR count). The van der Waals surface area contributed by atoms with Gasteiger partial charge in [0.15, 0.2) is 0 Å². The van der Waals surface area contributed by atoms with E-state index in [9.17, 15) is 9.59 Å². The van der Waals surface area contributed by atoms with Crippen LogP contribution in [0.15, 0.2) is 54.0 Å². The number of carbonyl (C=O) groups excluding carboxylic acids is 2. The third kappa shape index (κ3) is 4.65. The number of carbonyl (C=O) groups is 2. The SMILES string of the molecule is COC(=O)C1=C(CN2CCN(c3ncccn3)CC2)NC(=O)NC1c1ccc(OC)cc1. The van der Waals surface area contributed by atoms with Crippen LogP contribution in [0.2, 0.25) is 0 Å². The fourth-order valence-corrected chi connectivity index (χ4v) is 3.92. The standard InChI is InChI=1S/C22H26N6O4/c1-31-16-6-4-15(5-7-16)19-18(20(29)32-2)17(25-22(30)26-19)14-27-10-12-28(13-11-27)21-23-8-3-9-24-21/h3-9,19H,10-14H2,1-2H3,(H2,25,26,30). The summed E-state index contributed by atoms with van der Waals surface area (Å²) in [6.45, 7) is 3.41. The van der Waals surface area contributed by atoms with E-state index in [1.807, 2.05) is 12.1 Å². The smallest absolute Gasteiger partial charge is 0.338 e. The lowest BCUT2D eigenvalue weighted by Gasteiger charge is -2.37. The van der Waals surface area contributed by atoms with Crippen molar-refractivity contribution in [1.82, 2.24) is 25.5 Å². The van der Waals surface area contributed by atoms with Gasteiger partial charge in [-0.1, -0.05) is 12.1 Å². The van der Waals surface area contributed by atoms with Crippen molar-refractivity contribution >= 4 is 17.9 Å². The molecule has 2 N–H and O–H groups in total. The molecule has 1 saturated heterocycles. The number of nitrogens with one attached hydrogen (secondary N) is 2. The summed E-state index contributed by atoms with van der Waals surface area (Å²) in [6, 6.07) is 8.06. The summed E-state index contributed by atoms with van der Waals surface area (Å²) >= 11 is 0. The zero-order valence-corrected chi connectivity index (χ0v) is 18.1. The van der Waals surface area contributed by atoms with Gasteiger partial charge < -0.3 is 25.0 Å². The van der Waals surface area contributed by atoms with Crippen molar-refractivity contribution in [2.45, 2.75) is 6.04 Å². The molecule has 2 amide bonds. The van der Waals surface area contributed by atoms with Crippen molar-refractivity contribution in [3.8, 4) is 5.75 Å². The van der Waals surface area contributed by atoms with E-state index in [0.29, 0.717) is 29.5 Å². The van der Waals surface area contributed by atoms with Gasteiger partial charge in [0.1, 0.15) is 5.75 Å². The maximum absolute atomic E-state index is 12.7. The van der Waals surface area contributed by atoms with Crippen molar-refractivity contribution in [2.75, 3.05) is 51.8 Å². The third-order valence-corrected chi connectivity index (χ3v) is 5.60. The van der Waals surface area contributed by atoms with E-state index in [2.05, 4.69) is 30.4 Å². The zero-order chi connectivity index (χ0) is 22.5. The van der Waals surface area contributed by atoms with E-state index in [4.69, 9.17) is 9.47 Å². The first kappa shape index (κ1) is 21.6. The van der Waals surface area contributed by atoms with Gasteiger partial charge in [-0.2, -0.15) is 0 Å². The molecule has 0 bridgehead atoms. The highest BCUT2D eigenvalue weighted by atomic mass is 16.5. The minimum Gasteiger partial charge on any atom is -0.497 e. The molecule has 1 aromatic heterocycles. The molecule has 0 spiro atoms. The molecule has 2 aliphatic rings. The number of hydrogen-bond donors (Lipinski definition) is 2. The van der Waals surface area contributed by atoms with Crippen LogP contribution in [-0.2, 0) is 9.53 Å². The molecule has 1 fully saturated rings. The number of methoxy groups -OCH3 is 2. The lowest BCUT2D eigenvalue weighted by Crippen LogP contribution is -2.52. The molecule has 1 atom stereocenters. The maximum Gasteiger partial charge on any atom is 0.338 e. The van der Waals surface area contributed by atoms with Crippen LogP contribution >= 0.6 is 0 Å². The average Bonchev–Trinajstić information content (AvgIpc) is 2.84. The van der Waals surface area contributed by atoms with Gasteiger partial charge in [-0.3, -0.25) is 4.90 Å². The molecule has 2 aliphatic heterocycles. The molecule has 10 nitrogen and oxygen atoms in total. The summed E-state index contributed by atoms with van der Waals surface area (Å²) in [4.78, 5) is 38.1. The van der Waals surface area contributed by atoms with E-state index in [1.165, 1.54) is 7.11 Å². The number of benzene rings is 1. The Bertz CT molecular complexity index is 987. The molecule has 10 heteroatoms. The second-order valence-corrected chi connectivity index (χ2v) is 7.50. The van der Waals surface area contributed by atoms with Crippen LogP contribution in [0, 0.1) is 0 Å². The Hall–Kier alpha value is -3.66. The molecule has 3 heterocycles. The molecular weight excluding hydrogens is 412 g/mol. The quantitative estimate of drug-likeness (QED) is 0.645. The molecule has 2 aromatic rings. The molecular formula is C22H26N6O4. The van der Waals surface area contributed by atoms with Gasteiger partial charge in [-0.05, 0) is 23.8 Å². The van der Waals surface area contributed by atoms with E-state index in [0.717, 1.165) is 31.7 Å². The molecule has 0 aliphatic carbocycles. The van der Waals surface area contributed by atoms with Crippen LogP contribution in [0.1, 0.15) is 11.6 Å². The monoisotopic (exact) mass is 438 g/mol. The second-order valence-electron chi connectivity index (χ2n) is 7.50. The van der Waals surface area contributed by atoms with Gasteiger partial charge in [0, 0.05) is 50.8 Å². The summed E-state index contributed by atoms with van der Waals surface area (Å²) in [6.07, 6.45) is 3.46. The first-order valence-corrected chi connectivity index (χ1v) is 10.4. The first-order valence-electron chi connectivity index (χ1n) is 10.4. The van der Waals surface area contributed by atoms with Gasteiger partial charge in [0.2, 0.25) is 5.95 Å². The molecule has 1 aromatic carbocycles. The normalized spacial score (nSPS) is 19.2. The summed E-state index contributed by atoms with van der Waals surface area (Å²) in [7, 11) is 2.93. The molecule has 0 radical (unpaired) electrons. The van der Waals surface area contributed by atoms with Gasteiger partial charge in [0.05, 0.1) is 25.8 Å². The highest BCUT2D eigenvalue weighted by Crippen LogP contribution is 2.29. The molecule has 0 saturated carbocycles. The summed E-state index contributed by atoms with van der Waals surface area (Å²) in [5, 5.41) is 5.66. The second kappa shape index (κ2) is 9.65. The highest BCUT2D eigenvalue weighted by Gasteiger charge is 2.34. The maximum atomic E-state index is 12.7. The van der Waals surface area contributed by atoms with E-state index in [-0.39, 0.29) is 6.03 Å². The predicted molar refractivity (Wildman–Crippen MR) is 117 cm³/mol. The third-order valence-electron chi connectivity index (χ3n) is 5.60. The number of esters is 1. The van der Waals surface area contributed by atoms with Crippen LogP contribution in [0.4, 0.5) is 10.7 Å². The van der Waals surface area contributed by atoms with E-state index < -0.39 is 12.0 Å². The number of rotatable bonds is 6. The first-order chi connectivity index (χ1) is 15.6. The van der Waals surface area contributed by atoms with Gasteiger partial charge in [-0.25, -0.2) is 19.6 Å². The lowest BCUT2D eigenvalue weighted by atomic mass is 9.95. The molecule has 32 heavy (non-hydrogen) atoms. The Balaban J connectivity index is 1.54. The lowest BCUT2D eigenvalue weighted by molar-refractivity contribution is -0.136. The summed E-state index contributed by atoms with van der Waals surface area (Å²) in [5.41, 5.74) is 1.71. The fourth-order valence-electron chi connectivity index (χ4n) is 3.92.